The summed E-state index contributed by atoms with van der Waals surface area (Å²) in [4.78, 5) is 14.6. The van der Waals surface area contributed by atoms with Crippen LogP contribution >= 0.6 is 0 Å². The number of benzene rings is 2. The van der Waals surface area contributed by atoms with Gasteiger partial charge in [0.25, 0.3) is 0 Å². The highest BCUT2D eigenvalue weighted by Gasteiger charge is 2.47. The van der Waals surface area contributed by atoms with Crippen LogP contribution in [0.1, 0.15) is 31.4 Å². The lowest BCUT2D eigenvalue weighted by Gasteiger charge is -2.32. The van der Waals surface area contributed by atoms with Crippen LogP contribution in [0.15, 0.2) is 58.8 Å². The van der Waals surface area contributed by atoms with Gasteiger partial charge >= 0.3 is 5.97 Å². The molecular weight excluding hydrogens is 354 g/mol. The second kappa shape index (κ2) is 8.10. The third-order valence-corrected chi connectivity index (χ3v) is 5.43. The molecule has 0 aliphatic carbocycles. The van der Waals surface area contributed by atoms with E-state index < -0.39 is 0 Å². The molecule has 0 unspecified atom stereocenters. The van der Waals surface area contributed by atoms with Crippen molar-refractivity contribution in [2.24, 2.45) is 16.1 Å². The minimum Gasteiger partial charge on any atom is -0.493 e. The number of carbonyl (C=O) groups is 1. The number of fused-ring (bicyclic) bond motifs is 3. The maximum atomic E-state index is 12.5. The van der Waals surface area contributed by atoms with Crippen LogP contribution in [0.4, 0.5) is 11.4 Å². The van der Waals surface area contributed by atoms with E-state index in [2.05, 4.69) is 15.1 Å². The van der Waals surface area contributed by atoms with Crippen molar-refractivity contribution in [3.63, 3.8) is 0 Å². The van der Waals surface area contributed by atoms with Gasteiger partial charge in [-0.1, -0.05) is 25.1 Å². The van der Waals surface area contributed by atoms with Gasteiger partial charge in [-0.15, -0.1) is 0 Å². The molecule has 1 fully saturated rings. The van der Waals surface area contributed by atoms with Crippen molar-refractivity contribution in [1.29, 1.82) is 0 Å². The van der Waals surface area contributed by atoms with Crippen LogP contribution < -0.4 is 4.74 Å². The summed E-state index contributed by atoms with van der Waals surface area (Å²) >= 11 is 0. The number of hydrogen-bond acceptors (Lipinski definition) is 6. The molecule has 0 bridgehead atoms. The van der Waals surface area contributed by atoms with Crippen molar-refractivity contribution >= 4 is 17.3 Å². The standard InChI is InChI=1S/C22H25N3O3/c1-3-11-27-22(26)19-12-15-14-28-20-10-9-17(13-18(20)21(15)25(19)2)24-23-16-7-5-4-6-8-16/h4-10,13,15,19,21H,3,11-12,14H2,1-2H3/t15-,19-,21-/m1/s1. The fraction of sp³-hybridized carbons (Fsp3) is 0.409. The SMILES string of the molecule is CCCOC(=O)[C@H]1C[C@@H]2COc3ccc(N=Nc4ccccc4)cc3[C@@H]2N1C. The molecule has 0 spiro atoms. The number of rotatable bonds is 5. The predicted octanol–water partition coefficient (Wildman–Crippen LogP) is 4.81. The number of nitrogens with zero attached hydrogens (tertiary/aromatic N) is 3. The number of ether oxygens (including phenoxy) is 2. The lowest BCUT2D eigenvalue weighted by molar-refractivity contribution is -0.148. The molecule has 0 N–H and O–H groups in total. The summed E-state index contributed by atoms with van der Waals surface area (Å²) in [6.45, 7) is 3.08. The number of likely N-dealkylation sites (N-methyl/N-ethyl adjacent to an activating group) is 1. The average Bonchev–Trinajstić information content (AvgIpc) is 3.08. The maximum Gasteiger partial charge on any atom is 0.323 e. The number of hydrogen-bond donors (Lipinski definition) is 0. The van der Waals surface area contributed by atoms with E-state index in [1.807, 2.05) is 62.5 Å². The maximum absolute atomic E-state index is 12.5. The van der Waals surface area contributed by atoms with Gasteiger partial charge in [0.2, 0.25) is 0 Å². The quantitative estimate of drug-likeness (QED) is 0.552. The Morgan fingerprint density at radius 3 is 2.75 bits per heavy atom. The average molecular weight is 379 g/mol. The molecule has 1 saturated heterocycles. The van der Waals surface area contributed by atoms with Crippen molar-refractivity contribution in [2.45, 2.75) is 31.8 Å². The largest absolute Gasteiger partial charge is 0.493 e. The van der Waals surface area contributed by atoms with Crippen LogP contribution in [-0.4, -0.2) is 37.2 Å². The van der Waals surface area contributed by atoms with Crippen LogP contribution in [0, 0.1) is 5.92 Å². The summed E-state index contributed by atoms with van der Waals surface area (Å²) in [7, 11) is 2.00. The summed E-state index contributed by atoms with van der Waals surface area (Å²) < 4.78 is 11.4. The van der Waals surface area contributed by atoms with Gasteiger partial charge in [-0.3, -0.25) is 9.69 Å². The van der Waals surface area contributed by atoms with E-state index >= 15 is 0 Å². The zero-order valence-electron chi connectivity index (χ0n) is 16.2. The first-order chi connectivity index (χ1) is 13.7. The third kappa shape index (κ3) is 3.64. The van der Waals surface area contributed by atoms with E-state index in [-0.39, 0.29) is 24.0 Å². The Morgan fingerprint density at radius 2 is 1.96 bits per heavy atom. The van der Waals surface area contributed by atoms with Gasteiger partial charge in [0, 0.05) is 17.5 Å². The first-order valence-electron chi connectivity index (χ1n) is 9.79. The molecule has 0 saturated carbocycles. The highest BCUT2D eigenvalue weighted by atomic mass is 16.5. The molecule has 146 valence electrons. The lowest BCUT2D eigenvalue weighted by atomic mass is 9.91. The Balaban J connectivity index is 1.57. The summed E-state index contributed by atoms with van der Waals surface area (Å²) in [5, 5.41) is 8.68. The molecular formula is C22H25N3O3. The van der Waals surface area contributed by atoms with Crippen LogP contribution in [-0.2, 0) is 9.53 Å². The van der Waals surface area contributed by atoms with Crippen molar-refractivity contribution in [2.75, 3.05) is 20.3 Å². The highest BCUT2D eigenvalue weighted by molar-refractivity contribution is 5.76. The summed E-state index contributed by atoms with van der Waals surface area (Å²) in [6.07, 6.45) is 1.58. The Morgan fingerprint density at radius 1 is 1.18 bits per heavy atom. The molecule has 6 heteroatoms. The molecule has 4 rings (SSSR count). The van der Waals surface area contributed by atoms with E-state index in [4.69, 9.17) is 9.47 Å². The molecule has 2 aliphatic heterocycles. The Hall–Kier alpha value is -2.73. The monoisotopic (exact) mass is 379 g/mol. The van der Waals surface area contributed by atoms with Gasteiger partial charge in [0.1, 0.15) is 11.8 Å². The number of likely N-dealkylation sites (tertiary alicyclic amines) is 1. The number of azo groups is 1. The molecule has 3 atom stereocenters. The normalized spacial score (nSPS) is 23.9. The summed E-state index contributed by atoms with van der Waals surface area (Å²) in [6, 6.07) is 15.4. The second-order valence-electron chi connectivity index (χ2n) is 7.36. The van der Waals surface area contributed by atoms with Crippen LogP contribution in [0.2, 0.25) is 0 Å². The van der Waals surface area contributed by atoms with Gasteiger partial charge in [0.15, 0.2) is 0 Å². The number of esters is 1. The molecule has 6 nitrogen and oxygen atoms in total. The number of carbonyl (C=O) groups excluding carboxylic acids is 1. The van der Waals surface area contributed by atoms with E-state index in [0.29, 0.717) is 13.2 Å². The zero-order chi connectivity index (χ0) is 19.5. The Labute approximate surface area is 165 Å². The molecule has 2 aromatic rings. The molecule has 0 radical (unpaired) electrons. The first-order valence-corrected chi connectivity index (χ1v) is 9.79. The topological polar surface area (TPSA) is 63.5 Å². The fourth-order valence-electron chi connectivity index (χ4n) is 4.07. The summed E-state index contributed by atoms with van der Waals surface area (Å²) in [5.74, 6) is 0.979. The molecule has 0 aromatic heterocycles. The molecule has 0 amide bonds. The van der Waals surface area contributed by atoms with Crippen LogP contribution in [0.3, 0.4) is 0 Å². The summed E-state index contributed by atoms with van der Waals surface area (Å²) in [5.41, 5.74) is 2.65. The van der Waals surface area contributed by atoms with E-state index in [1.165, 1.54) is 0 Å². The van der Waals surface area contributed by atoms with Gasteiger partial charge in [-0.2, -0.15) is 10.2 Å². The van der Waals surface area contributed by atoms with Crippen molar-refractivity contribution in [3.8, 4) is 5.75 Å². The highest BCUT2D eigenvalue weighted by Crippen LogP contribution is 2.47. The minimum absolute atomic E-state index is 0.120. The van der Waals surface area contributed by atoms with Gasteiger partial charge in [0.05, 0.1) is 24.6 Å². The van der Waals surface area contributed by atoms with E-state index in [1.54, 1.807) is 0 Å². The van der Waals surface area contributed by atoms with Crippen molar-refractivity contribution in [1.82, 2.24) is 4.90 Å². The van der Waals surface area contributed by atoms with Crippen molar-refractivity contribution in [3.05, 3.63) is 54.1 Å². The Kier molecular flexibility index (Phi) is 5.39. The van der Waals surface area contributed by atoms with E-state index in [0.717, 1.165) is 35.5 Å². The zero-order valence-corrected chi connectivity index (χ0v) is 16.2. The molecule has 2 aromatic carbocycles. The third-order valence-electron chi connectivity index (χ3n) is 5.43. The van der Waals surface area contributed by atoms with Crippen molar-refractivity contribution < 1.29 is 14.3 Å². The molecule has 2 heterocycles. The molecule has 28 heavy (non-hydrogen) atoms. The Bertz CT molecular complexity index is 869. The van der Waals surface area contributed by atoms with E-state index in [9.17, 15) is 4.79 Å². The van der Waals surface area contributed by atoms with Gasteiger partial charge in [-0.05, 0) is 50.2 Å². The van der Waals surface area contributed by atoms with Crippen LogP contribution in [0.25, 0.3) is 0 Å². The first kappa shape index (κ1) is 18.6. The van der Waals surface area contributed by atoms with Gasteiger partial charge < -0.3 is 9.47 Å². The second-order valence-corrected chi connectivity index (χ2v) is 7.36. The van der Waals surface area contributed by atoms with Gasteiger partial charge in [-0.25, -0.2) is 0 Å². The van der Waals surface area contributed by atoms with Crippen LogP contribution in [0.5, 0.6) is 5.75 Å². The smallest absolute Gasteiger partial charge is 0.323 e. The molecule has 2 aliphatic rings. The fourth-order valence-corrected chi connectivity index (χ4v) is 4.07. The minimum atomic E-state index is -0.231. The lowest BCUT2D eigenvalue weighted by Crippen LogP contribution is -2.36. The predicted molar refractivity (Wildman–Crippen MR) is 106 cm³/mol.